The molecule has 1 fully saturated rings. The van der Waals surface area contributed by atoms with Gasteiger partial charge in [0.25, 0.3) is 0 Å². The fourth-order valence-electron chi connectivity index (χ4n) is 2.47. The van der Waals surface area contributed by atoms with E-state index >= 15 is 0 Å². The monoisotopic (exact) mass is 264 g/mol. The van der Waals surface area contributed by atoms with Crippen molar-refractivity contribution in [3.63, 3.8) is 0 Å². The van der Waals surface area contributed by atoms with Gasteiger partial charge >= 0.3 is 0 Å². The molecule has 0 radical (unpaired) electrons. The summed E-state index contributed by atoms with van der Waals surface area (Å²) < 4.78 is 0. The molecule has 0 aromatic heterocycles. The van der Waals surface area contributed by atoms with Gasteiger partial charge < -0.3 is 10.0 Å². The van der Waals surface area contributed by atoms with Gasteiger partial charge in [0.2, 0.25) is 0 Å². The minimum absolute atomic E-state index is 0.320. The number of aliphatic hydroxyl groups is 1. The Morgan fingerprint density at radius 2 is 2.11 bits per heavy atom. The van der Waals surface area contributed by atoms with Crippen molar-refractivity contribution in [2.75, 3.05) is 19.7 Å². The summed E-state index contributed by atoms with van der Waals surface area (Å²) in [5.41, 5.74) is 1.25. The lowest BCUT2D eigenvalue weighted by Crippen LogP contribution is -2.32. The van der Waals surface area contributed by atoms with E-state index in [4.69, 9.17) is 5.11 Å². The molecule has 19 heavy (non-hydrogen) atoms. The zero-order chi connectivity index (χ0) is 14.1. The average Bonchev–Trinajstić information content (AvgIpc) is 2.46. The number of piperidine rings is 1. The number of nitrogens with zero attached hydrogens (tertiary/aromatic N) is 2. The Kier molecular flexibility index (Phi) is 7.49. The van der Waals surface area contributed by atoms with E-state index in [2.05, 4.69) is 29.5 Å². The second-order valence-corrected chi connectivity index (χ2v) is 5.19. The predicted molar refractivity (Wildman–Crippen MR) is 82.3 cm³/mol. The van der Waals surface area contributed by atoms with Gasteiger partial charge in [0.15, 0.2) is 0 Å². The highest BCUT2D eigenvalue weighted by Crippen LogP contribution is 2.23. The van der Waals surface area contributed by atoms with Crippen molar-refractivity contribution < 1.29 is 5.11 Å². The van der Waals surface area contributed by atoms with Crippen molar-refractivity contribution in [1.82, 2.24) is 4.90 Å². The van der Waals surface area contributed by atoms with E-state index < -0.39 is 0 Å². The lowest BCUT2D eigenvalue weighted by molar-refractivity contribution is 0.201. The van der Waals surface area contributed by atoms with E-state index in [1.54, 1.807) is 0 Å². The topological polar surface area (TPSA) is 35.8 Å². The molecule has 1 aliphatic heterocycles. The fraction of sp³-hybridized carbons (Fsp3) is 0.688. The standard InChI is InChI=1S/C16H28N2O/c1-4-15(5-2)13-17-14(3)18-10-8-16(9-11-18)7-6-12-19/h4,13,16,19H,3,5-12H2,1-2H3/b15-4-,17-13-. The second-order valence-electron chi connectivity index (χ2n) is 5.19. The molecule has 0 amide bonds. The minimum atomic E-state index is 0.320. The zero-order valence-corrected chi connectivity index (χ0v) is 12.4. The third-order valence-electron chi connectivity index (χ3n) is 3.91. The molecule has 0 aromatic carbocycles. The van der Waals surface area contributed by atoms with Crippen LogP contribution in [0.2, 0.25) is 0 Å². The molecule has 1 N–H and O–H groups in total. The van der Waals surface area contributed by atoms with Crippen LogP contribution < -0.4 is 0 Å². The molecule has 1 rings (SSSR count). The molecule has 3 nitrogen and oxygen atoms in total. The van der Waals surface area contributed by atoms with Gasteiger partial charge in [0.1, 0.15) is 5.82 Å². The van der Waals surface area contributed by atoms with E-state index in [0.29, 0.717) is 6.61 Å². The molecule has 108 valence electrons. The Labute approximate surface area is 117 Å². The number of rotatable bonds is 7. The molecule has 3 heteroatoms. The largest absolute Gasteiger partial charge is 0.396 e. The average molecular weight is 264 g/mol. The molecule has 1 saturated heterocycles. The SMILES string of the molecule is C=C(/N=C\C(=C/C)CC)N1CCC(CCCO)CC1. The third-order valence-corrected chi connectivity index (χ3v) is 3.91. The van der Waals surface area contributed by atoms with Crippen molar-refractivity contribution in [3.05, 3.63) is 24.0 Å². The van der Waals surface area contributed by atoms with Crippen molar-refractivity contribution in [1.29, 1.82) is 0 Å². The molecule has 0 aromatic rings. The third kappa shape index (κ3) is 5.60. The summed E-state index contributed by atoms with van der Waals surface area (Å²) in [6, 6.07) is 0. The first-order valence-electron chi connectivity index (χ1n) is 7.45. The molecular formula is C16H28N2O. The molecule has 0 atom stereocenters. The van der Waals surface area contributed by atoms with Crippen LogP contribution in [0.1, 0.15) is 46.0 Å². The number of aliphatic imine (C=N–C) groups is 1. The van der Waals surface area contributed by atoms with Gasteiger partial charge in [-0.1, -0.05) is 19.6 Å². The number of hydrogen-bond acceptors (Lipinski definition) is 3. The molecule has 1 heterocycles. The van der Waals surface area contributed by atoms with Crippen LogP contribution >= 0.6 is 0 Å². The Bertz CT molecular complexity index is 326. The summed E-state index contributed by atoms with van der Waals surface area (Å²) in [5, 5.41) is 8.86. The van der Waals surface area contributed by atoms with Crippen molar-refractivity contribution in [2.24, 2.45) is 10.9 Å². The van der Waals surface area contributed by atoms with Gasteiger partial charge in [-0.3, -0.25) is 0 Å². The highest BCUT2D eigenvalue weighted by Gasteiger charge is 2.19. The van der Waals surface area contributed by atoms with Crippen LogP contribution in [0.15, 0.2) is 29.0 Å². The van der Waals surface area contributed by atoms with Crippen molar-refractivity contribution in [3.8, 4) is 0 Å². The maximum Gasteiger partial charge on any atom is 0.121 e. The summed E-state index contributed by atoms with van der Waals surface area (Å²) in [7, 11) is 0. The lowest BCUT2D eigenvalue weighted by Gasteiger charge is -2.33. The Morgan fingerprint density at radius 3 is 2.63 bits per heavy atom. The Hall–Kier alpha value is -1.09. The van der Waals surface area contributed by atoms with E-state index in [9.17, 15) is 0 Å². The number of allylic oxidation sites excluding steroid dienone is 2. The van der Waals surface area contributed by atoms with Crippen LogP contribution in [0.5, 0.6) is 0 Å². The van der Waals surface area contributed by atoms with Crippen LogP contribution in [0.3, 0.4) is 0 Å². The molecule has 0 unspecified atom stereocenters. The summed E-state index contributed by atoms with van der Waals surface area (Å²) in [5.74, 6) is 1.65. The van der Waals surface area contributed by atoms with E-state index in [-0.39, 0.29) is 0 Å². The van der Waals surface area contributed by atoms with Crippen LogP contribution in [-0.2, 0) is 0 Å². The first-order chi connectivity index (χ1) is 9.21. The summed E-state index contributed by atoms with van der Waals surface area (Å²) in [4.78, 5) is 6.75. The number of aliphatic hydroxyl groups excluding tert-OH is 1. The van der Waals surface area contributed by atoms with Crippen molar-refractivity contribution in [2.45, 2.75) is 46.0 Å². The number of hydrogen-bond donors (Lipinski definition) is 1. The van der Waals surface area contributed by atoms with Crippen LogP contribution in [0, 0.1) is 5.92 Å². The lowest BCUT2D eigenvalue weighted by atomic mass is 9.92. The fourth-order valence-corrected chi connectivity index (χ4v) is 2.47. The van der Waals surface area contributed by atoms with E-state index in [1.165, 1.54) is 18.4 Å². The van der Waals surface area contributed by atoms with E-state index in [0.717, 1.165) is 44.1 Å². The smallest absolute Gasteiger partial charge is 0.121 e. The maximum absolute atomic E-state index is 8.86. The van der Waals surface area contributed by atoms with E-state index in [1.807, 2.05) is 13.1 Å². The highest BCUT2D eigenvalue weighted by molar-refractivity contribution is 5.78. The van der Waals surface area contributed by atoms with Crippen LogP contribution in [0.25, 0.3) is 0 Å². The summed E-state index contributed by atoms with van der Waals surface area (Å²) in [6.45, 7) is 10.7. The molecule has 0 bridgehead atoms. The predicted octanol–water partition coefficient (Wildman–Crippen LogP) is 3.37. The second kappa shape index (κ2) is 8.92. The van der Waals surface area contributed by atoms with Gasteiger partial charge in [-0.05, 0) is 50.5 Å². The molecular weight excluding hydrogens is 236 g/mol. The van der Waals surface area contributed by atoms with Crippen LogP contribution in [0.4, 0.5) is 0 Å². The van der Waals surface area contributed by atoms with Gasteiger partial charge in [-0.25, -0.2) is 4.99 Å². The van der Waals surface area contributed by atoms with Gasteiger partial charge in [0, 0.05) is 25.9 Å². The first-order valence-corrected chi connectivity index (χ1v) is 7.45. The Balaban J connectivity index is 2.36. The molecule has 0 saturated carbocycles. The summed E-state index contributed by atoms with van der Waals surface area (Å²) >= 11 is 0. The first kappa shape index (κ1) is 16.0. The van der Waals surface area contributed by atoms with Gasteiger partial charge in [0.05, 0.1) is 0 Å². The quantitative estimate of drug-likeness (QED) is 0.716. The molecule has 0 aliphatic carbocycles. The Morgan fingerprint density at radius 1 is 1.42 bits per heavy atom. The number of likely N-dealkylation sites (tertiary alicyclic amines) is 1. The minimum Gasteiger partial charge on any atom is -0.396 e. The highest BCUT2D eigenvalue weighted by atomic mass is 16.2. The zero-order valence-electron chi connectivity index (χ0n) is 12.4. The van der Waals surface area contributed by atoms with Gasteiger partial charge in [-0.2, -0.15) is 0 Å². The van der Waals surface area contributed by atoms with Gasteiger partial charge in [-0.15, -0.1) is 0 Å². The van der Waals surface area contributed by atoms with Crippen LogP contribution in [-0.4, -0.2) is 35.9 Å². The maximum atomic E-state index is 8.86. The molecule has 1 aliphatic rings. The normalized spacial score (nSPS) is 18.3. The molecule has 0 spiro atoms. The van der Waals surface area contributed by atoms with Crippen molar-refractivity contribution >= 4 is 6.21 Å². The summed E-state index contributed by atoms with van der Waals surface area (Å²) in [6.07, 6.45) is 9.51.